The summed E-state index contributed by atoms with van der Waals surface area (Å²) in [7, 11) is 0. The molecule has 2 rings (SSSR count). The average molecular weight is 377 g/mol. The molecular formula is C17H26Cl2N2O3. The second-order valence-corrected chi connectivity index (χ2v) is 6.13. The summed E-state index contributed by atoms with van der Waals surface area (Å²) in [5.74, 6) is 1.30. The van der Waals surface area contributed by atoms with E-state index >= 15 is 0 Å². The highest BCUT2D eigenvalue weighted by Crippen LogP contribution is 2.37. The minimum Gasteiger partial charge on any atom is -0.490 e. The predicted octanol–water partition coefficient (Wildman–Crippen LogP) is 3.42. The third kappa shape index (κ3) is 5.43. The Hall–Kier alpha value is -1.17. The lowest BCUT2D eigenvalue weighted by molar-refractivity contribution is 0.0933. The van der Waals surface area contributed by atoms with Crippen LogP contribution in [0.2, 0.25) is 5.02 Å². The van der Waals surface area contributed by atoms with E-state index in [2.05, 4.69) is 5.32 Å². The van der Waals surface area contributed by atoms with Gasteiger partial charge in [-0.3, -0.25) is 4.79 Å². The Balaban J connectivity index is 0.00000288. The second kappa shape index (κ2) is 9.97. The molecule has 1 saturated carbocycles. The Labute approximate surface area is 154 Å². The molecule has 136 valence electrons. The fourth-order valence-electron chi connectivity index (χ4n) is 2.43. The van der Waals surface area contributed by atoms with Gasteiger partial charge in [0.05, 0.1) is 18.2 Å². The van der Waals surface area contributed by atoms with E-state index in [0.29, 0.717) is 47.8 Å². The third-order valence-corrected chi connectivity index (χ3v) is 4.06. The van der Waals surface area contributed by atoms with Crippen molar-refractivity contribution in [2.45, 2.75) is 39.2 Å². The molecule has 1 aromatic rings. The Morgan fingerprint density at radius 3 is 2.62 bits per heavy atom. The highest BCUT2D eigenvalue weighted by Gasteiger charge is 2.31. The molecule has 5 nitrogen and oxygen atoms in total. The molecule has 1 fully saturated rings. The summed E-state index contributed by atoms with van der Waals surface area (Å²) in [5.41, 5.74) is 6.20. The zero-order valence-corrected chi connectivity index (χ0v) is 15.7. The molecule has 1 atom stereocenters. The van der Waals surface area contributed by atoms with E-state index in [1.165, 1.54) is 0 Å². The molecule has 0 aromatic heterocycles. The van der Waals surface area contributed by atoms with Gasteiger partial charge in [0, 0.05) is 18.2 Å². The molecule has 1 aliphatic carbocycles. The van der Waals surface area contributed by atoms with Crippen LogP contribution in [0, 0.1) is 5.92 Å². The number of ether oxygens (including phenoxy) is 2. The summed E-state index contributed by atoms with van der Waals surface area (Å²) in [5, 5.41) is 3.37. The first-order valence-electron chi connectivity index (χ1n) is 8.20. The number of nitrogens with two attached hydrogens (primary N) is 1. The maximum atomic E-state index is 12.5. The second-order valence-electron chi connectivity index (χ2n) is 5.72. The highest BCUT2D eigenvalue weighted by molar-refractivity contribution is 6.32. The smallest absolute Gasteiger partial charge is 0.251 e. The van der Waals surface area contributed by atoms with E-state index in [1.54, 1.807) is 12.1 Å². The van der Waals surface area contributed by atoms with Gasteiger partial charge in [-0.15, -0.1) is 12.4 Å². The first-order chi connectivity index (χ1) is 11.1. The van der Waals surface area contributed by atoms with Crippen LogP contribution in [0.15, 0.2) is 12.1 Å². The molecule has 24 heavy (non-hydrogen) atoms. The van der Waals surface area contributed by atoms with Gasteiger partial charge in [0.25, 0.3) is 5.91 Å². The fraction of sp³-hybridized carbons (Fsp3) is 0.588. The summed E-state index contributed by atoms with van der Waals surface area (Å²) in [4.78, 5) is 12.5. The van der Waals surface area contributed by atoms with E-state index in [9.17, 15) is 4.79 Å². The van der Waals surface area contributed by atoms with E-state index in [4.69, 9.17) is 26.8 Å². The minimum atomic E-state index is -0.183. The van der Waals surface area contributed by atoms with Gasteiger partial charge in [-0.2, -0.15) is 0 Å². The van der Waals surface area contributed by atoms with Crippen LogP contribution >= 0.6 is 24.0 Å². The molecular weight excluding hydrogens is 351 g/mol. The lowest BCUT2D eigenvalue weighted by Crippen LogP contribution is -2.41. The number of hydrogen-bond donors (Lipinski definition) is 2. The maximum Gasteiger partial charge on any atom is 0.251 e. The molecule has 0 radical (unpaired) electrons. The summed E-state index contributed by atoms with van der Waals surface area (Å²) in [6.07, 6.45) is 3.11. The normalized spacial score (nSPS) is 14.5. The predicted molar refractivity (Wildman–Crippen MR) is 98.7 cm³/mol. The zero-order valence-electron chi connectivity index (χ0n) is 14.1. The molecule has 1 unspecified atom stereocenters. The molecule has 3 N–H and O–H groups in total. The van der Waals surface area contributed by atoms with Crippen LogP contribution in [0.1, 0.15) is 43.5 Å². The Morgan fingerprint density at radius 2 is 2.08 bits per heavy atom. The monoisotopic (exact) mass is 376 g/mol. The molecule has 0 heterocycles. The maximum absolute atomic E-state index is 12.5. The molecule has 0 spiro atoms. The molecule has 1 aliphatic rings. The van der Waals surface area contributed by atoms with Crippen LogP contribution in [0.3, 0.4) is 0 Å². The van der Waals surface area contributed by atoms with Crippen molar-refractivity contribution in [2.24, 2.45) is 11.7 Å². The molecule has 1 aromatic carbocycles. The number of halogens is 2. The van der Waals surface area contributed by atoms with Crippen molar-refractivity contribution in [2.75, 3.05) is 19.8 Å². The van der Waals surface area contributed by atoms with Crippen molar-refractivity contribution in [3.8, 4) is 11.5 Å². The number of rotatable bonds is 9. The lowest BCUT2D eigenvalue weighted by atomic mass is 10.1. The number of amides is 1. The summed E-state index contributed by atoms with van der Waals surface area (Å²) < 4.78 is 11.2. The minimum absolute atomic E-state index is 0. The van der Waals surface area contributed by atoms with Gasteiger partial charge in [0.2, 0.25) is 0 Å². The summed E-state index contributed by atoms with van der Waals surface area (Å²) in [6, 6.07) is 3.31. The number of benzene rings is 1. The van der Waals surface area contributed by atoms with Crippen LogP contribution in [-0.4, -0.2) is 31.7 Å². The zero-order chi connectivity index (χ0) is 16.8. The van der Waals surface area contributed by atoms with E-state index in [-0.39, 0.29) is 24.4 Å². The van der Waals surface area contributed by atoms with Crippen LogP contribution in [-0.2, 0) is 0 Å². The molecule has 1 amide bonds. The van der Waals surface area contributed by atoms with Crippen LogP contribution in [0.5, 0.6) is 11.5 Å². The van der Waals surface area contributed by atoms with Crippen molar-refractivity contribution in [1.29, 1.82) is 0 Å². The van der Waals surface area contributed by atoms with Gasteiger partial charge in [0.15, 0.2) is 11.5 Å². The first kappa shape index (κ1) is 20.9. The number of hydrogen-bond acceptors (Lipinski definition) is 4. The highest BCUT2D eigenvalue weighted by atomic mass is 35.5. The topological polar surface area (TPSA) is 73.6 Å². The Morgan fingerprint density at radius 1 is 1.38 bits per heavy atom. The Bertz CT molecular complexity index is 551. The van der Waals surface area contributed by atoms with Crippen LogP contribution in [0.25, 0.3) is 0 Å². The van der Waals surface area contributed by atoms with Gasteiger partial charge in [0.1, 0.15) is 0 Å². The number of carbonyl (C=O) groups is 1. The van der Waals surface area contributed by atoms with Crippen molar-refractivity contribution in [1.82, 2.24) is 5.32 Å². The largest absolute Gasteiger partial charge is 0.490 e. The molecule has 0 aliphatic heterocycles. The van der Waals surface area contributed by atoms with E-state index in [1.807, 2.05) is 13.8 Å². The quantitative estimate of drug-likeness (QED) is 0.692. The first-order valence-corrected chi connectivity index (χ1v) is 8.58. The standard InChI is InChI=1S/C17H25ClN2O3.ClH/c1-3-7-23-16-13(18)8-12(9-15(16)22-4-2)17(21)20-14(10-19)11-5-6-11;/h8-9,11,14H,3-7,10,19H2,1-2H3,(H,20,21);1H. The third-order valence-electron chi connectivity index (χ3n) is 3.78. The molecule has 0 saturated heterocycles. The van der Waals surface area contributed by atoms with Gasteiger partial charge in [-0.1, -0.05) is 18.5 Å². The van der Waals surface area contributed by atoms with Crippen LogP contribution in [0.4, 0.5) is 0 Å². The lowest BCUT2D eigenvalue weighted by Gasteiger charge is -2.18. The van der Waals surface area contributed by atoms with Gasteiger partial charge in [-0.25, -0.2) is 0 Å². The molecule has 7 heteroatoms. The SMILES string of the molecule is CCCOc1c(Cl)cc(C(=O)NC(CN)C2CC2)cc1OCC.Cl. The van der Waals surface area contributed by atoms with Crippen molar-refractivity contribution < 1.29 is 14.3 Å². The molecule has 0 bridgehead atoms. The van der Waals surface area contributed by atoms with E-state index < -0.39 is 0 Å². The van der Waals surface area contributed by atoms with E-state index in [0.717, 1.165) is 19.3 Å². The van der Waals surface area contributed by atoms with Crippen LogP contribution < -0.4 is 20.5 Å². The fourth-order valence-corrected chi connectivity index (χ4v) is 2.69. The van der Waals surface area contributed by atoms with Crippen molar-refractivity contribution in [3.63, 3.8) is 0 Å². The number of carbonyl (C=O) groups excluding carboxylic acids is 1. The Kier molecular flexibility index (Phi) is 8.67. The number of nitrogens with one attached hydrogen (secondary N) is 1. The van der Waals surface area contributed by atoms with Gasteiger partial charge in [-0.05, 0) is 44.2 Å². The van der Waals surface area contributed by atoms with Crippen molar-refractivity contribution in [3.05, 3.63) is 22.7 Å². The average Bonchev–Trinajstić information content (AvgIpc) is 3.36. The van der Waals surface area contributed by atoms with Crippen molar-refractivity contribution >= 4 is 29.9 Å². The van der Waals surface area contributed by atoms with Gasteiger partial charge < -0.3 is 20.5 Å². The summed E-state index contributed by atoms with van der Waals surface area (Å²) in [6.45, 7) is 5.35. The summed E-state index contributed by atoms with van der Waals surface area (Å²) >= 11 is 6.29. The van der Waals surface area contributed by atoms with Gasteiger partial charge >= 0.3 is 0 Å².